The highest BCUT2D eigenvalue weighted by molar-refractivity contribution is 9.10. The van der Waals surface area contributed by atoms with Gasteiger partial charge in [-0.1, -0.05) is 92.0 Å². The number of nitrogens with one attached hydrogen (secondary N) is 2. The van der Waals surface area contributed by atoms with E-state index in [4.69, 9.17) is 31.2 Å². The van der Waals surface area contributed by atoms with Crippen molar-refractivity contribution in [2.75, 3.05) is 13.2 Å². The van der Waals surface area contributed by atoms with Crippen LogP contribution in [-0.2, 0) is 22.5 Å². The molecule has 0 fully saturated rings. The van der Waals surface area contributed by atoms with Gasteiger partial charge in [0.1, 0.15) is 5.75 Å². The molecule has 4 aromatic rings. The molecule has 222 valence electrons. The van der Waals surface area contributed by atoms with Crippen LogP contribution in [0, 0.1) is 0 Å². The van der Waals surface area contributed by atoms with Gasteiger partial charge in [0.2, 0.25) is 5.90 Å². The van der Waals surface area contributed by atoms with Crippen LogP contribution in [0.15, 0.2) is 111 Å². The zero-order chi connectivity index (χ0) is 30.2. The van der Waals surface area contributed by atoms with Gasteiger partial charge in [-0.15, -0.1) is 0 Å². The van der Waals surface area contributed by atoms with Crippen molar-refractivity contribution in [1.29, 1.82) is 0 Å². The second-order valence-electron chi connectivity index (χ2n) is 10.0. The van der Waals surface area contributed by atoms with Crippen LogP contribution in [0.5, 0.6) is 5.75 Å². The van der Waals surface area contributed by atoms with Crippen molar-refractivity contribution < 1.29 is 19.4 Å². The molecule has 0 unspecified atom stereocenters. The Labute approximate surface area is 272 Å². The minimum Gasteiger partial charge on any atom is -0.494 e. The number of carbonyl (C=O) groups is 1. The standard InChI is InChI=1S/C33H30Br2ClN3O4/c34-26-14-10-22(11-15-26)30-33(20-24-6-1-3-8-28(24)35,32(41)39-37-21-25-7-2-4-9-29(25)36)38-31(43-30)23-12-16-27(17-13-23)42-19-5-18-40/h1-4,6-17,30,37,40H,5,18-21H2,(H,39,41)/t30-,33-/m0/s1. The van der Waals surface area contributed by atoms with Gasteiger partial charge in [-0.2, -0.15) is 0 Å². The van der Waals surface area contributed by atoms with E-state index in [1.807, 2.05) is 97.1 Å². The van der Waals surface area contributed by atoms with Crippen LogP contribution in [-0.4, -0.2) is 35.7 Å². The summed E-state index contributed by atoms with van der Waals surface area (Å²) in [6, 6.07) is 30.3. The monoisotopic (exact) mass is 725 g/mol. The summed E-state index contributed by atoms with van der Waals surface area (Å²) in [5.74, 6) is 0.673. The molecule has 0 aromatic heterocycles. The molecular weight excluding hydrogens is 698 g/mol. The predicted octanol–water partition coefficient (Wildman–Crippen LogP) is 6.95. The molecule has 0 bridgehead atoms. The molecule has 1 amide bonds. The fourth-order valence-electron chi connectivity index (χ4n) is 4.82. The van der Waals surface area contributed by atoms with Gasteiger partial charge in [-0.3, -0.25) is 10.2 Å². The first kappa shape index (κ1) is 31.2. The van der Waals surface area contributed by atoms with Gasteiger partial charge in [0.15, 0.2) is 11.6 Å². The van der Waals surface area contributed by atoms with Gasteiger partial charge >= 0.3 is 0 Å². The molecule has 2 atom stereocenters. The normalized spacial score (nSPS) is 17.7. The Balaban J connectivity index is 1.52. The number of benzene rings is 4. The number of aliphatic hydroxyl groups excluding tert-OH is 1. The van der Waals surface area contributed by atoms with E-state index in [0.717, 1.165) is 25.6 Å². The average molecular weight is 728 g/mol. The smallest absolute Gasteiger partial charge is 0.266 e. The van der Waals surface area contributed by atoms with Crippen LogP contribution in [0.25, 0.3) is 0 Å². The number of aliphatic imine (C=N–C) groups is 1. The molecule has 0 aliphatic carbocycles. The number of aliphatic hydroxyl groups is 1. The second kappa shape index (κ2) is 14.5. The Morgan fingerprint density at radius 1 is 0.953 bits per heavy atom. The largest absolute Gasteiger partial charge is 0.494 e. The maximum atomic E-state index is 14.3. The van der Waals surface area contributed by atoms with Crippen molar-refractivity contribution in [2.24, 2.45) is 4.99 Å². The van der Waals surface area contributed by atoms with Crippen LogP contribution >= 0.6 is 43.5 Å². The summed E-state index contributed by atoms with van der Waals surface area (Å²) in [6.45, 7) is 0.805. The van der Waals surface area contributed by atoms with Gasteiger partial charge in [0.25, 0.3) is 5.91 Å². The molecule has 0 saturated carbocycles. The molecule has 4 aromatic carbocycles. The van der Waals surface area contributed by atoms with Crippen molar-refractivity contribution in [1.82, 2.24) is 10.9 Å². The number of hydrogen-bond acceptors (Lipinski definition) is 6. The number of carbonyl (C=O) groups excluding carboxylic acids is 1. The fourth-order valence-corrected chi connectivity index (χ4v) is 5.71. The van der Waals surface area contributed by atoms with Gasteiger partial charge < -0.3 is 14.6 Å². The van der Waals surface area contributed by atoms with Crippen molar-refractivity contribution in [3.8, 4) is 5.75 Å². The number of rotatable bonds is 12. The number of ether oxygens (including phenoxy) is 2. The zero-order valence-corrected chi connectivity index (χ0v) is 27.0. The summed E-state index contributed by atoms with van der Waals surface area (Å²) in [4.78, 5) is 19.4. The zero-order valence-electron chi connectivity index (χ0n) is 23.1. The van der Waals surface area contributed by atoms with Crippen LogP contribution in [0.1, 0.15) is 34.8 Å². The second-order valence-corrected chi connectivity index (χ2v) is 12.2. The van der Waals surface area contributed by atoms with E-state index in [9.17, 15) is 4.79 Å². The van der Waals surface area contributed by atoms with Crippen LogP contribution in [0.3, 0.4) is 0 Å². The summed E-state index contributed by atoms with van der Waals surface area (Å²) in [6.07, 6.45) is 0.0786. The maximum Gasteiger partial charge on any atom is 0.266 e. The first-order valence-corrected chi connectivity index (χ1v) is 15.7. The average Bonchev–Trinajstić information content (AvgIpc) is 3.40. The van der Waals surface area contributed by atoms with E-state index in [0.29, 0.717) is 41.8 Å². The highest BCUT2D eigenvalue weighted by atomic mass is 79.9. The van der Waals surface area contributed by atoms with E-state index >= 15 is 0 Å². The third kappa shape index (κ3) is 7.48. The Bertz CT molecular complexity index is 1580. The number of nitrogens with zero attached hydrogens (tertiary/aromatic N) is 1. The molecule has 1 aliphatic heterocycles. The van der Waals surface area contributed by atoms with Crippen molar-refractivity contribution in [3.63, 3.8) is 0 Å². The van der Waals surface area contributed by atoms with E-state index < -0.39 is 11.6 Å². The quantitative estimate of drug-likeness (QED) is 0.109. The molecule has 0 spiro atoms. The lowest BCUT2D eigenvalue weighted by Crippen LogP contribution is -2.53. The fraction of sp³-hybridized carbons (Fsp3) is 0.212. The molecule has 0 radical (unpaired) electrons. The summed E-state index contributed by atoms with van der Waals surface area (Å²) < 4.78 is 14.1. The third-order valence-corrected chi connectivity index (χ3v) is 8.73. The molecule has 7 nitrogen and oxygen atoms in total. The molecule has 0 saturated heterocycles. The number of amides is 1. The number of halogens is 3. The van der Waals surface area contributed by atoms with E-state index in [1.54, 1.807) is 0 Å². The maximum absolute atomic E-state index is 14.3. The van der Waals surface area contributed by atoms with E-state index in [2.05, 4.69) is 42.7 Å². The third-order valence-electron chi connectivity index (χ3n) is 7.06. The number of hydrogen-bond donors (Lipinski definition) is 3. The van der Waals surface area contributed by atoms with Gasteiger partial charge in [0, 0.05) is 45.5 Å². The van der Waals surface area contributed by atoms with Gasteiger partial charge in [-0.05, 0) is 65.2 Å². The summed E-state index contributed by atoms with van der Waals surface area (Å²) in [5.41, 5.74) is 7.86. The Morgan fingerprint density at radius 2 is 1.65 bits per heavy atom. The number of hydrazine groups is 1. The molecule has 3 N–H and O–H groups in total. The Morgan fingerprint density at radius 3 is 2.35 bits per heavy atom. The Kier molecular flexibility index (Phi) is 10.5. The van der Waals surface area contributed by atoms with Crippen molar-refractivity contribution in [3.05, 3.63) is 133 Å². The lowest BCUT2D eigenvalue weighted by Gasteiger charge is -2.31. The van der Waals surface area contributed by atoms with Crippen molar-refractivity contribution >= 4 is 55.3 Å². The van der Waals surface area contributed by atoms with E-state index in [1.165, 1.54) is 0 Å². The summed E-state index contributed by atoms with van der Waals surface area (Å²) >= 11 is 13.5. The van der Waals surface area contributed by atoms with Crippen molar-refractivity contribution in [2.45, 2.75) is 31.0 Å². The van der Waals surface area contributed by atoms with Crippen LogP contribution in [0.2, 0.25) is 5.02 Å². The Hall–Kier alpha value is -3.21. The van der Waals surface area contributed by atoms with Crippen LogP contribution in [0.4, 0.5) is 0 Å². The lowest BCUT2D eigenvalue weighted by atomic mass is 9.82. The first-order valence-electron chi connectivity index (χ1n) is 13.8. The summed E-state index contributed by atoms with van der Waals surface area (Å²) in [5, 5.41) is 9.65. The molecule has 1 aliphatic rings. The lowest BCUT2D eigenvalue weighted by molar-refractivity contribution is -0.130. The first-order chi connectivity index (χ1) is 20.9. The molecular formula is C33H30Br2ClN3O4. The van der Waals surface area contributed by atoms with Gasteiger partial charge in [-0.25, -0.2) is 10.4 Å². The predicted molar refractivity (Wildman–Crippen MR) is 175 cm³/mol. The molecule has 10 heteroatoms. The van der Waals surface area contributed by atoms with Crippen LogP contribution < -0.4 is 15.6 Å². The molecule has 43 heavy (non-hydrogen) atoms. The molecule has 5 rings (SSSR count). The SMILES string of the molecule is O=C(NNCc1ccccc1Cl)[C@@]1(Cc2ccccc2Br)N=C(c2ccc(OCCCO)cc2)O[C@H]1c1ccc(Br)cc1. The molecule has 1 heterocycles. The minimum atomic E-state index is -1.36. The minimum absolute atomic E-state index is 0.0646. The van der Waals surface area contributed by atoms with E-state index in [-0.39, 0.29) is 18.9 Å². The highest BCUT2D eigenvalue weighted by Crippen LogP contribution is 2.43. The van der Waals surface area contributed by atoms with Gasteiger partial charge in [0.05, 0.1) is 6.61 Å². The summed E-state index contributed by atoms with van der Waals surface area (Å²) in [7, 11) is 0. The highest BCUT2D eigenvalue weighted by Gasteiger charge is 2.53. The topological polar surface area (TPSA) is 92.2 Å².